The lowest BCUT2D eigenvalue weighted by atomic mass is 10.1. The van der Waals surface area contributed by atoms with Crippen molar-refractivity contribution in [1.82, 2.24) is 9.78 Å². The predicted octanol–water partition coefficient (Wildman–Crippen LogP) is 3.39. The Bertz CT molecular complexity index is 639. The number of hydrogen-bond donors (Lipinski definition) is 0. The number of halogens is 2. The topological polar surface area (TPSA) is 27.1 Å². The molecule has 0 saturated heterocycles. The summed E-state index contributed by atoms with van der Waals surface area (Å²) in [6.45, 7) is 4.43. The van der Waals surface area contributed by atoms with E-state index in [1.165, 1.54) is 11.8 Å². The van der Waals surface area contributed by atoms with E-state index in [2.05, 4.69) is 34.6 Å². The van der Waals surface area contributed by atoms with E-state index in [1.54, 1.807) is 13.0 Å². The highest BCUT2D eigenvalue weighted by Gasteiger charge is 2.24. The van der Waals surface area contributed by atoms with Gasteiger partial charge < -0.3 is 4.74 Å². The molecule has 5 heteroatoms. The largest absolute Gasteiger partial charge is 0.373 e. The standard InChI is InChI=1S/C14H14FIN2O/c1-8-5-10(3-4-12(8)15)18-13-6-9(2)19-7-11(13)14(16)17-18/h3-5,9H,6-7H2,1-2H3/t9-/m0/s1. The number of benzene rings is 1. The van der Waals surface area contributed by atoms with E-state index in [1.807, 2.05) is 10.7 Å². The summed E-state index contributed by atoms with van der Waals surface area (Å²) in [5.41, 5.74) is 3.87. The van der Waals surface area contributed by atoms with Crippen molar-refractivity contribution < 1.29 is 9.13 Å². The molecule has 0 spiro atoms. The van der Waals surface area contributed by atoms with Gasteiger partial charge >= 0.3 is 0 Å². The molecule has 0 amide bonds. The van der Waals surface area contributed by atoms with Crippen molar-refractivity contribution in [3.8, 4) is 5.69 Å². The van der Waals surface area contributed by atoms with Crippen molar-refractivity contribution >= 4 is 22.6 Å². The van der Waals surface area contributed by atoms with Crippen molar-refractivity contribution in [1.29, 1.82) is 0 Å². The van der Waals surface area contributed by atoms with Crippen LogP contribution in [-0.2, 0) is 17.8 Å². The molecule has 0 radical (unpaired) electrons. The summed E-state index contributed by atoms with van der Waals surface area (Å²) in [6, 6.07) is 5.10. The van der Waals surface area contributed by atoms with Crippen LogP contribution in [0.25, 0.3) is 5.69 Å². The van der Waals surface area contributed by atoms with Gasteiger partial charge in [0.1, 0.15) is 9.52 Å². The third-order valence-electron chi connectivity index (χ3n) is 3.42. The molecule has 0 bridgehead atoms. The quantitative estimate of drug-likeness (QED) is 0.718. The maximum atomic E-state index is 13.4. The number of hydrogen-bond acceptors (Lipinski definition) is 2. The highest BCUT2D eigenvalue weighted by atomic mass is 127. The second kappa shape index (κ2) is 4.86. The Balaban J connectivity index is 2.12. The van der Waals surface area contributed by atoms with E-state index in [0.29, 0.717) is 12.2 Å². The molecule has 2 aromatic rings. The van der Waals surface area contributed by atoms with Crippen LogP contribution in [0.1, 0.15) is 23.7 Å². The van der Waals surface area contributed by atoms with E-state index in [0.717, 1.165) is 21.4 Å². The van der Waals surface area contributed by atoms with Gasteiger partial charge in [0, 0.05) is 12.0 Å². The van der Waals surface area contributed by atoms with Crippen LogP contribution in [0.2, 0.25) is 0 Å². The summed E-state index contributed by atoms with van der Waals surface area (Å²) in [5.74, 6) is -0.184. The van der Waals surface area contributed by atoms with Gasteiger partial charge in [0.2, 0.25) is 0 Å². The first kappa shape index (κ1) is 13.1. The van der Waals surface area contributed by atoms with Crippen LogP contribution in [0.15, 0.2) is 18.2 Å². The van der Waals surface area contributed by atoms with Crippen molar-refractivity contribution in [2.45, 2.75) is 33.0 Å². The highest BCUT2D eigenvalue weighted by molar-refractivity contribution is 14.1. The normalized spacial score (nSPS) is 18.4. The number of rotatable bonds is 1. The molecule has 1 aliphatic heterocycles. The van der Waals surface area contributed by atoms with Crippen molar-refractivity contribution in [2.24, 2.45) is 0 Å². The average molecular weight is 372 g/mol. The lowest BCUT2D eigenvalue weighted by Gasteiger charge is -2.20. The Hall–Kier alpha value is -0.950. The zero-order valence-corrected chi connectivity index (χ0v) is 12.9. The van der Waals surface area contributed by atoms with E-state index in [-0.39, 0.29) is 11.9 Å². The maximum Gasteiger partial charge on any atom is 0.129 e. The molecule has 3 nitrogen and oxygen atoms in total. The zero-order valence-electron chi connectivity index (χ0n) is 10.8. The summed E-state index contributed by atoms with van der Waals surface area (Å²) in [6.07, 6.45) is 1.03. The highest BCUT2D eigenvalue weighted by Crippen LogP contribution is 2.27. The molecule has 100 valence electrons. The van der Waals surface area contributed by atoms with Crippen molar-refractivity contribution in [3.63, 3.8) is 0 Å². The molecule has 1 aliphatic rings. The van der Waals surface area contributed by atoms with Gasteiger partial charge in [0.05, 0.1) is 24.1 Å². The number of aromatic nitrogens is 2. The van der Waals surface area contributed by atoms with Gasteiger partial charge in [-0.2, -0.15) is 5.10 Å². The molecule has 0 aliphatic carbocycles. The van der Waals surface area contributed by atoms with Crippen molar-refractivity contribution in [3.05, 3.63) is 44.5 Å². The van der Waals surface area contributed by atoms with Gasteiger partial charge in [-0.15, -0.1) is 0 Å². The van der Waals surface area contributed by atoms with Gasteiger partial charge in [-0.25, -0.2) is 9.07 Å². The van der Waals surface area contributed by atoms with Crippen LogP contribution >= 0.6 is 22.6 Å². The Morgan fingerprint density at radius 1 is 1.47 bits per heavy atom. The third-order valence-corrected chi connectivity index (χ3v) is 4.29. The smallest absolute Gasteiger partial charge is 0.129 e. The first-order valence-corrected chi connectivity index (χ1v) is 7.28. The predicted molar refractivity (Wildman–Crippen MR) is 78.9 cm³/mol. The lowest BCUT2D eigenvalue weighted by Crippen LogP contribution is -2.21. The molecule has 2 heterocycles. The van der Waals surface area contributed by atoms with Gasteiger partial charge in [0.25, 0.3) is 0 Å². The molecule has 19 heavy (non-hydrogen) atoms. The molecule has 1 aromatic carbocycles. The minimum absolute atomic E-state index is 0.184. The van der Waals surface area contributed by atoms with E-state index in [4.69, 9.17) is 4.74 Å². The number of ether oxygens (including phenoxy) is 1. The van der Waals surface area contributed by atoms with Crippen molar-refractivity contribution in [2.75, 3.05) is 0 Å². The molecule has 1 aromatic heterocycles. The monoisotopic (exact) mass is 372 g/mol. The van der Waals surface area contributed by atoms with Crippen LogP contribution in [0.4, 0.5) is 4.39 Å². The summed E-state index contributed by atoms with van der Waals surface area (Å²) in [5, 5.41) is 4.57. The number of nitrogens with zero attached hydrogens (tertiary/aromatic N) is 2. The summed E-state index contributed by atoms with van der Waals surface area (Å²) >= 11 is 2.23. The van der Waals surface area contributed by atoms with Gasteiger partial charge in [-0.05, 0) is 60.2 Å². The zero-order chi connectivity index (χ0) is 13.6. The minimum Gasteiger partial charge on any atom is -0.373 e. The second-order valence-corrected chi connectivity index (χ2v) is 5.91. The van der Waals surface area contributed by atoms with Gasteiger partial charge in [-0.3, -0.25) is 0 Å². The van der Waals surface area contributed by atoms with E-state index in [9.17, 15) is 4.39 Å². The van der Waals surface area contributed by atoms with Crippen LogP contribution in [0.3, 0.4) is 0 Å². The Morgan fingerprint density at radius 3 is 3.00 bits per heavy atom. The summed E-state index contributed by atoms with van der Waals surface area (Å²) in [7, 11) is 0. The molecular weight excluding hydrogens is 358 g/mol. The molecule has 1 atom stereocenters. The maximum absolute atomic E-state index is 13.4. The fourth-order valence-corrected chi connectivity index (χ4v) is 3.02. The fraction of sp³-hybridized carbons (Fsp3) is 0.357. The minimum atomic E-state index is -0.184. The molecule has 0 N–H and O–H groups in total. The van der Waals surface area contributed by atoms with Crippen LogP contribution in [-0.4, -0.2) is 15.9 Å². The average Bonchev–Trinajstić information content (AvgIpc) is 2.70. The first-order valence-electron chi connectivity index (χ1n) is 6.20. The SMILES string of the molecule is Cc1cc(-n2nc(I)c3c2C[C@H](C)OC3)ccc1F. The molecule has 0 fully saturated rings. The lowest BCUT2D eigenvalue weighted by molar-refractivity contribution is 0.0395. The summed E-state index contributed by atoms with van der Waals surface area (Å²) in [4.78, 5) is 0. The van der Waals surface area contributed by atoms with E-state index < -0.39 is 0 Å². The third kappa shape index (κ3) is 2.29. The van der Waals surface area contributed by atoms with Crippen LogP contribution in [0.5, 0.6) is 0 Å². The first-order chi connectivity index (χ1) is 9.06. The Labute approximate surface area is 124 Å². The fourth-order valence-electron chi connectivity index (χ4n) is 2.34. The number of fused-ring (bicyclic) bond motifs is 1. The Morgan fingerprint density at radius 2 is 2.26 bits per heavy atom. The van der Waals surface area contributed by atoms with Gasteiger partial charge in [0.15, 0.2) is 0 Å². The number of aryl methyl sites for hydroxylation is 1. The molecule has 0 saturated carbocycles. The Kier molecular flexibility index (Phi) is 3.34. The summed E-state index contributed by atoms with van der Waals surface area (Å²) < 4.78 is 21.9. The molecule has 0 unspecified atom stereocenters. The molecular formula is C14H14FIN2O. The van der Waals surface area contributed by atoms with Crippen LogP contribution < -0.4 is 0 Å². The molecule has 3 rings (SSSR count). The van der Waals surface area contributed by atoms with Gasteiger partial charge in [-0.1, -0.05) is 0 Å². The van der Waals surface area contributed by atoms with Crippen LogP contribution in [0, 0.1) is 16.4 Å². The van der Waals surface area contributed by atoms with E-state index >= 15 is 0 Å². The second-order valence-electron chi connectivity index (χ2n) is 4.89.